The molecule has 0 aromatic carbocycles. The molecule has 1 saturated carbocycles. The lowest BCUT2D eigenvalue weighted by Gasteiger charge is -2.30. The molecule has 6 nitrogen and oxygen atoms in total. The van der Waals surface area contributed by atoms with Gasteiger partial charge in [0.1, 0.15) is 0 Å². The van der Waals surface area contributed by atoms with Crippen molar-refractivity contribution in [1.82, 2.24) is 10.1 Å². The maximum Gasteiger partial charge on any atom is 0.236 e. The summed E-state index contributed by atoms with van der Waals surface area (Å²) in [6.07, 6.45) is 2.68. The van der Waals surface area contributed by atoms with Crippen LogP contribution in [0.3, 0.4) is 0 Å². The molecule has 0 aromatic rings. The van der Waals surface area contributed by atoms with Crippen molar-refractivity contribution in [3.63, 3.8) is 0 Å². The molecule has 1 fully saturated rings. The SMILES string of the molecule is CC(C)(C)S(=O)(=O)NC1CCC(C(=O)NN)CC1. The molecule has 18 heavy (non-hydrogen) atoms. The summed E-state index contributed by atoms with van der Waals surface area (Å²) in [5.74, 6) is 4.83. The fourth-order valence-corrected chi connectivity index (χ4v) is 3.02. The first-order chi connectivity index (χ1) is 8.17. The summed E-state index contributed by atoms with van der Waals surface area (Å²) in [7, 11) is -3.32. The lowest BCUT2D eigenvalue weighted by Crippen LogP contribution is -2.47. The summed E-state index contributed by atoms with van der Waals surface area (Å²) in [5.41, 5.74) is 2.14. The zero-order valence-corrected chi connectivity index (χ0v) is 12.0. The minimum Gasteiger partial charge on any atom is -0.294 e. The smallest absolute Gasteiger partial charge is 0.236 e. The number of hydrazine groups is 1. The maximum atomic E-state index is 12.0. The van der Waals surface area contributed by atoms with Crippen molar-refractivity contribution in [3.8, 4) is 0 Å². The van der Waals surface area contributed by atoms with E-state index in [0.29, 0.717) is 25.7 Å². The molecular weight excluding hydrogens is 254 g/mol. The number of nitrogens with two attached hydrogens (primary N) is 1. The molecule has 4 N–H and O–H groups in total. The van der Waals surface area contributed by atoms with Crippen LogP contribution in [-0.2, 0) is 14.8 Å². The molecule has 106 valence electrons. The van der Waals surface area contributed by atoms with Gasteiger partial charge in [0.05, 0.1) is 4.75 Å². The van der Waals surface area contributed by atoms with Crippen LogP contribution in [-0.4, -0.2) is 25.1 Å². The molecule has 1 amide bonds. The van der Waals surface area contributed by atoms with Gasteiger partial charge in [-0.3, -0.25) is 10.2 Å². The lowest BCUT2D eigenvalue weighted by molar-refractivity contribution is -0.126. The van der Waals surface area contributed by atoms with Crippen LogP contribution in [0.4, 0.5) is 0 Å². The molecule has 1 aliphatic rings. The minimum absolute atomic E-state index is 0.0731. The molecule has 1 aliphatic carbocycles. The average Bonchev–Trinajstić information content (AvgIpc) is 2.27. The van der Waals surface area contributed by atoms with Gasteiger partial charge in [-0.25, -0.2) is 19.0 Å². The molecule has 0 bridgehead atoms. The van der Waals surface area contributed by atoms with E-state index in [9.17, 15) is 13.2 Å². The summed E-state index contributed by atoms with van der Waals surface area (Å²) in [5, 5.41) is 0. The fraction of sp³-hybridized carbons (Fsp3) is 0.909. The van der Waals surface area contributed by atoms with Crippen molar-refractivity contribution >= 4 is 15.9 Å². The Bertz CT molecular complexity index is 392. The second-order valence-corrected chi connectivity index (χ2v) is 8.26. The maximum absolute atomic E-state index is 12.0. The van der Waals surface area contributed by atoms with E-state index in [-0.39, 0.29) is 17.9 Å². The first-order valence-electron chi connectivity index (χ1n) is 6.19. The van der Waals surface area contributed by atoms with E-state index < -0.39 is 14.8 Å². The summed E-state index contributed by atoms with van der Waals surface area (Å²) < 4.78 is 25.9. The second-order valence-electron chi connectivity index (χ2n) is 5.79. The molecule has 0 spiro atoms. The van der Waals surface area contributed by atoms with E-state index in [1.54, 1.807) is 20.8 Å². The third-order valence-corrected chi connectivity index (χ3v) is 5.62. The zero-order chi connectivity index (χ0) is 14.0. The first-order valence-corrected chi connectivity index (χ1v) is 7.68. The van der Waals surface area contributed by atoms with Gasteiger partial charge >= 0.3 is 0 Å². The Labute approximate surface area is 109 Å². The quantitative estimate of drug-likeness (QED) is 0.391. The molecular formula is C11H23N3O3S. The molecule has 0 aliphatic heterocycles. The number of carbonyl (C=O) groups excluding carboxylic acids is 1. The Kier molecular flexibility index (Phi) is 4.74. The third-order valence-electron chi connectivity index (χ3n) is 3.37. The number of amides is 1. The number of carbonyl (C=O) groups is 1. The van der Waals surface area contributed by atoms with Gasteiger partial charge < -0.3 is 0 Å². The van der Waals surface area contributed by atoms with E-state index >= 15 is 0 Å². The Hall–Kier alpha value is -0.660. The van der Waals surface area contributed by atoms with Crippen molar-refractivity contribution in [2.24, 2.45) is 11.8 Å². The van der Waals surface area contributed by atoms with E-state index in [4.69, 9.17) is 5.84 Å². The van der Waals surface area contributed by atoms with Gasteiger partial charge in [-0.2, -0.15) is 0 Å². The lowest BCUT2D eigenvalue weighted by atomic mass is 9.86. The highest BCUT2D eigenvalue weighted by Crippen LogP contribution is 2.26. The van der Waals surface area contributed by atoms with Crippen molar-refractivity contribution < 1.29 is 13.2 Å². The highest BCUT2D eigenvalue weighted by Gasteiger charge is 2.33. The van der Waals surface area contributed by atoms with Crippen LogP contribution in [0.25, 0.3) is 0 Å². The van der Waals surface area contributed by atoms with Crippen LogP contribution in [0.1, 0.15) is 46.5 Å². The fourth-order valence-electron chi connectivity index (χ4n) is 1.99. The number of nitrogens with one attached hydrogen (secondary N) is 2. The zero-order valence-electron chi connectivity index (χ0n) is 11.2. The third kappa shape index (κ3) is 3.66. The van der Waals surface area contributed by atoms with Crippen LogP contribution in [0.15, 0.2) is 0 Å². The Morgan fingerprint density at radius 2 is 1.67 bits per heavy atom. The van der Waals surface area contributed by atoms with Gasteiger partial charge in [0.25, 0.3) is 0 Å². The van der Waals surface area contributed by atoms with Crippen LogP contribution < -0.4 is 16.0 Å². The molecule has 7 heteroatoms. The molecule has 0 saturated heterocycles. The second kappa shape index (κ2) is 5.54. The molecule has 0 aromatic heterocycles. The van der Waals surface area contributed by atoms with Gasteiger partial charge in [-0.1, -0.05) is 0 Å². The number of hydrogen-bond acceptors (Lipinski definition) is 4. The molecule has 0 atom stereocenters. The van der Waals surface area contributed by atoms with E-state index in [1.165, 1.54) is 0 Å². The van der Waals surface area contributed by atoms with Crippen molar-refractivity contribution in [1.29, 1.82) is 0 Å². The van der Waals surface area contributed by atoms with Crippen LogP contribution in [0, 0.1) is 5.92 Å². The van der Waals surface area contributed by atoms with Crippen molar-refractivity contribution in [3.05, 3.63) is 0 Å². The summed E-state index contributed by atoms with van der Waals surface area (Å²) >= 11 is 0. The normalized spacial score (nSPS) is 25.8. The van der Waals surface area contributed by atoms with E-state index in [0.717, 1.165) is 0 Å². The van der Waals surface area contributed by atoms with Gasteiger partial charge in [-0.05, 0) is 46.5 Å². The molecule has 1 rings (SSSR count). The Morgan fingerprint density at radius 3 is 2.06 bits per heavy atom. The Morgan fingerprint density at radius 1 is 1.17 bits per heavy atom. The number of rotatable bonds is 3. The van der Waals surface area contributed by atoms with E-state index in [1.807, 2.05) is 0 Å². The van der Waals surface area contributed by atoms with Crippen LogP contribution >= 0.6 is 0 Å². The predicted molar refractivity (Wildman–Crippen MR) is 69.9 cm³/mol. The monoisotopic (exact) mass is 277 g/mol. The predicted octanol–water partition coefficient (Wildman–Crippen LogP) is 0.253. The molecule has 0 radical (unpaired) electrons. The highest BCUT2D eigenvalue weighted by atomic mass is 32.2. The largest absolute Gasteiger partial charge is 0.294 e. The summed E-state index contributed by atoms with van der Waals surface area (Å²) in [6.45, 7) is 5.01. The minimum atomic E-state index is -3.32. The van der Waals surface area contributed by atoms with Gasteiger partial charge in [0.2, 0.25) is 15.9 Å². The summed E-state index contributed by atoms with van der Waals surface area (Å²) in [6, 6.07) is -0.0731. The molecule has 0 heterocycles. The van der Waals surface area contributed by atoms with Crippen molar-refractivity contribution in [2.75, 3.05) is 0 Å². The molecule has 0 unspecified atom stereocenters. The highest BCUT2D eigenvalue weighted by molar-refractivity contribution is 7.90. The van der Waals surface area contributed by atoms with Gasteiger partial charge in [0.15, 0.2) is 0 Å². The first kappa shape index (κ1) is 15.4. The number of hydrogen-bond donors (Lipinski definition) is 3. The average molecular weight is 277 g/mol. The van der Waals surface area contributed by atoms with E-state index in [2.05, 4.69) is 10.1 Å². The standard InChI is InChI=1S/C11H23N3O3S/c1-11(2,3)18(16,17)14-9-6-4-8(5-7-9)10(15)13-12/h8-9,14H,4-7,12H2,1-3H3,(H,13,15). The van der Waals surface area contributed by atoms with Gasteiger partial charge in [0, 0.05) is 12.0 Å². The summed E-state index contributed by atoms with van der Waals surface area (Å²) in [4.78, 5) is 11.3. The Balaban J connectivity index is 2.53. The number of sulfonamides is 1. The topological polar surface area (TPSA) is 101 Å². The van der Waals surface area contributed by atoms with Crippen molar-refractivity contribution in [2.45, 2.75) is 57.2 Å². The van der Waals surface area contributed by atoms with Crippen LogP contribution in [0.5, 0.6) is 0 Å². The van der Waals surface area contributed by atoms with Gasteiger partial charge in [-0.15, -0.1) is 0 Å². The van der Waals surface area contributed by atoms with Crippen LogP contribution in [0.2, 0.25) is 0 Å².